The van der Waals surface area contributed by atoms with E-state index in [1.54, 1.807) is 32.2 Å². The van der Waals surface area contributed by atoms with E-state index in [4.69, 9.17) is 18.7 Å². The van der Waals surface area contributed by atoms with E-state index < -0.39 is 5.97 Å². The summed E-state index contributed by atoms with van der Waals surface area (Å²) in [5, 5.41) is 3.92. The van der Waals surface area contributed by atoms with Gasteiger partial charge in [0.2, 0.25) is 0 Å². The predicted octanol–water partition coefficient (Wildman–Crippen LogP) is 2.45. The van der Waals surface area contributed by atoms with Gasteiger partial charge in [-0.25, -0.2) is 4.79 Å². The van der Waals surface area contributed by atoms with Gasteiger partial charge in [-0.05, 0) is 19.1 Å². The van der Waals surface area contributed by atoms with Crippen molar-refractivity contribution in [1.82, 2.24) is 5.16 Å². The second kappa shape index (κ2) is 5.64. The molecule has 0 radical (unpaired) electrons. The highest BCUT2D eigenvalue weighted by atomic mass is 16.5. The van der Waals surface area contributed by atoms with Crippen molar-refractivity contribution in [3.05, 3.63) is 29.5 Å². The zero-order valence-electron chi connectivity index (χ0n) is 11.7. The second-order valence-corrected chi connectivity index (χ2v) is 4.02. The van der Waals surface area contributed by atoms with Crippen molar-refractivity contribution in [2.75, 3.05) is 21.3 Å². The highest BCUT2D eigenvalue weighted by molar-refractivity contribution is 5.97. The molecule has 1 aromatic heterocycles. The Morgan fingerprint density at radius 2 is 1.95 bits per heavy atom. The second-order valence-electron chi connectivity index (χ2n) is 4.02. The van der Waals surface area contributed by atoms with Crippen molar-refractivity contribution < 1.29 is 23.5 Å². The molecule has 106 valence electrons. The monoisotopic (exact) mass is 277 g/mol. The molecule has 0 bridgehead atoms. The van der Waals surface area contributed by atoms with E-state index in [1.807, 2.05) is 0 Å². The van der Waals surface area contributed by atoms with Gasteiger partial charge in [0.25, 0.3) is 0 Å². The Labute approximate surface area is 116 Å². The van der Waals surface area contributed by atoms with Crippen LogP contribution in [0.1, 0.15) is 16.1 Å². The third kappa shape index (κ3) is 2.32. The molecule has 0 aliphatic heterocycles. The summed E-state index contributed by atoms with van der Waals surface area (Å²) in [6.45, 7) is 1.65. The lowest BCUT2D eigenvalue weighted by Gasteiger charge is -2.09. The number of carbonyl (C=O) groups is 1. The number of ether oxygens (including phenoxy) is 3. The molecule has 6 heteroatoms. The molecule has 0 unspecified atom stereocenters. The predicted molar refractivity (Wildman–Crippen MR) is 71.1 cm³/mol. The first-order valence-corrected chi connectivity index (χ1v) is 5.89. The molecule has 1 heterocycles. The molecule has 2 rings (SSSR count). The van der Waals surface area contributed by atoms with Crippen LogP contribution < -0.4 is 9.47 Å². The van der Waals surface area contributed by atoms with E-state index in [9.17, 15) is 4.79 Å². The molecule has 0 saturated carbocycles. The number of esters is 1. The summed E-state index contributed by atoms with van der Waals surface area (Å²) in [7, 11) is 4.40. The van der Waals surface area contributed by atoms with Crippen molar-refractivity contribution in [1.29, 1.82) is 0 Å². The number of hydrogen-bond acceptors (Lipinski definition) is 6. The van der Waals surface area contributed by atoms with Gasteiger partial charge in [-0.3, -0.25) is 0 Å². The molecule has 0 amide bonds. The lowest BCUT2D eigenvalue weighted by atomic mass is 10.0. The fourth-order valence-corrected chi connectivity index (χ4v) is 1.89. The van der Waals surface area contributed by atoms with Crippen molar-refractivity contribution in [2.24, 2.45) is 0 Å². The first-order chi connectivity index (χ1) is 9.62. The number of aryl methyl sites for hydroxylation is 1. The lowest BCUT2D eigenvalue weighted by molar-refractivity contribution is 0.0599. The maximum atomic E-state index is 11.8. The third-order valence-electron chi connectivity index (χ3n) is 2.92. The largest absolute Gasteiger partial charge is 0.497 e. The van der Waals surface area contributed by atoms with Crippen LogP contribution >= 0.6 is 0 Å². The van der Waals surface area contributed by atoms with Gasteiger partial charge in [0.1, 0.15) is 28.5 Å². The van der Waals surface area contributed by atoms with Gasteiger partial charge in [-0.15, -0.1) is 0 Å². The standard InChI is InChI=1S/C14H15NO5/c1-8-12(14(16)19-4)13(15-20-8)10-6-5-9(17-2)7-11(10)18-3/h5-7H,1-4H3. The Bertz CT molecular complexity index is 632. The van der Waals surface area contributed by atoms with Crippen LogP contribution in [0.5, 0.6) is 11.5 Å². The van der Waals surface area contributed by atoms with Crippen LogP contribution in [0.4, 0.5) is 0 Å². The topological polar surface area (TPSA) is 70.8 Å². The van der Waals surface area contributed by atoms with Crippen LogP contribution in [-0.4, -0.2) is 32.5 Å². The minimum atomic E-state index is -0.503. The quantitative estimate of drug-likeness (QED) is 0.799. The summed E-state index contributed by atoms with van der Waals surface area (Å²) in [4.78, 5) is 11.8. The Balaban J connectivity index is 2.60. The maximum Gasteiger partial charge on any atom is 0.343 e. The van der Waals surface area contributed by atoms with Gasteiger partial charge in [0, 0.05) is 11.6 Å². The van der Waals surface area contributed by atoms with E-state index in [0.29, 0.717) is 28.5 Å². The molecule has 0 atom stereocenters. The van der Waals surface area contributed by atoms with Crippen LogP contribution in [0, 0.1) is 6.92 Å². The number of nitrogens with zero attached hydrogens (tertiary/aromatic N) is 1. The molecule has 0 fully saturated rings. The number of hydrogen-bond donors (Lipinski definition) is 0. The van der Waals surface area contributed by atoms with E-state index >= 15 is 0 Å². The average Bonchev–Trinajstić information content (AvgIpc) is 2.87. The summed E-state index contributed by atoms with van der Waals surface area (Å²) in [6.07, 6.45) is 0. The molecular weight excluding hydrogens is 262 g/mol. The molecule has 0 aliphatic rings. The summed E-state index contributed by atoms with van der Waals surface area (Å²) in [5.74, 6) is 1.06. The van der Waals surface area contributed by atoms with Crippen LogP contribution in [0.3, 0.4) is 0 Å². The van der Waals surface area contributed by atoms with Crippen LogP contribution in [0.15, 0.2) is 22.7 Å². The molecular formula is C14H15NO5. The van der Waals surface area contributed by atoms with Gasteiger partial charge >= 0.3 is 5.97 Å². The van der Waals surface area contributed by atoms with Gasteiger partial charge in [0.15, 0.2) is 0 Å². The fraction of sp³-hybridized carbons (Fsp3) is 0.286. The van der Waals surface area contributed by atoms with Crippen molar-refractivity contribution in [2.45, 2.75) is 6.92 Å². The minimum Gasteiger partial charge on any atom is -0.497 e. The first kappa shape index (κ1) is 13.9. The number of aromatic nitrogens is 1. The number of methoxy groups -OCH3 is 3. The number of carbonyl (C=O) groups excluding carboxylic acids is 1. The highest BCUT2D eigenvalue weighted by Gasteiger charge is 2.24. The van der Waals surface area contributed by atoms with Crippen LogP contribution in [0.25, 0.3) is 11.3 Å². The Morgan fingerprint density at radius 3 is 2.55 bits per heavy atom. The maximum absolute atomic E-state index is 11.8. The van der Waals surface area contributed by atoms with E-state index in [-0.39, 0.29) is 5.56 Å². The average molecular weight is 277 g/mol. The highest BCUT2D eigenvalue weighted by Crippen LogP contribution is 2.35. The molecule has 20 heavy (non-hydrogen) atoms. The summed E-state index contributed by atoms with van der Waals surface area (Å²) >= 11 is 0. The smallest absolute Gasteiger partial charge is 0.343 e. The Kier molecular flexibility index (Phi) is 3.93. The molecule has 1 aromatic carbocycles. The van der Waals surface area contributed by atoms with Gasteiger partial charge in [0.05, 0.1) is 21.3 Å². The Hall–Kier alpha value is -2.50. The normalized spacial score (nSPS) is 10.2. The summed E-state index contributed by atoms with van der Waals surface area (Å²) in [5.41, 5.74) is 1.30. The molecule has 0 spiro atoms. The zero-order chi connectivity index (χ0) is 14.7. The minimum absolute atomic E-state index is 0.288. The van der Waals surface area contributed by atoms with Gasteiger partial charge in [-0.2, -0.15) is 0 Å². The van der Waals surface area contributed by atoms with Crippen molar-refractivity contribution in [3.8, 4) is 22.8 Å². The van der Waals surface area contributed by atoms with E-state index in [2.05, 4.69) is 5.16 Å². The van der Waals surface area contributed by atoms with Crippen LogP contribution in [0.2, 0.25) is 0 Å². The van der Waals surface area contributed by atoms with E-state index in [0.717, 1.165) is 0 Å². The van der Waals surface area contributed by atoms with Crippen LogP contribution in [-0.2, 0) is 4.74 Å². The molecule has 0 N–H and O–H groups in total. The first-order valence-electron chi connectivity index (χ1n) is 5.89. The number of rotatable bonds is 4. The van der Waals surface area contributed by atoms with Gasteiger partial charge in [-0.1, -0.05) is 5.16 Å². The SMILES string of the molecule is COC(=O)c1c(-c2ccc(OC)cc2OC)noc1C. The molecule has 6 nitrogen and oxygen atoms in total. The summed E-state index contributed by atoms with van der Waals surface area (Å²) < 4.78 is 20.3. The fourth-order valence-electron chi connectivity index (χ4n) is 1.89. The summed E-state index contributed by atoms with van der Waals surface area (Å²) in [6, 6.07) is 5.21. The number of benzene rings is 1. The van der Waals surface area contributed by atoms with Gasteiger partial charge < -0.3 is 18.7 Å². The molecule has 0 aliphatic carbocycles. The molecule has 0 saturated heterocycles. The van der Waals surface area contributed by atoms with Crippen molar-refractivity contribution in [3.63, 3.8) is 0 Å². The third-order valence-corrected chi connectivity index (χ3v) is 2.92. The molecule has 2 aromatic rings. The lowest BCUT2D eigenvalue weighted by Crippen LogP contribution is -2.04. The zero-order valence-corrected chi connectivity index (χ0v) is 11.7. The Morgan fingerprint density at radius 1 is 1.20 bits per heavy atom. The van der Waals surface area contributed by atoms with E-state index in [1.165, 1.54) is 14.2 Å². The van der Waals surface area contributed by atoms with Crippen molar-refractivity contribution >= 4 is 5.97 Å².